The Balaban J connectivity index is 1.25. The lowest BCUT2D eigenvalue weighted by Gasteiger charge is -2.27. The first-order valence-corrected chi connectivity index (χ1v) is 12.9. The van der Waals surface area contributed by atoms with Crippen molar-refractivity contribution in [2.24, 2.45) is 0 Å². The molecule has 0 fully saturated rings. The van der Waals surface area contributed by atoms with Crippen molar-refractivity contribution in [1.82, 2.24) is 9.21 Å². The summed E-state index contributed by atoms with van der Waals surface area (Å²) in [5, 5.41) is 3.97. The maximum absolute atomic E-state index is 12.9. The highest BCUT2D eigenvalue weighted by Gasteiger charge is 2.32. The summed E-state index contributed by atoms with van der Waals surface area (Å²) >= 11 is 0. The molecule has 0 radical (unpaired) electrons. The highest BCUT2D eigenvalue weighted by Crippen LogP contribution is 2.30. The molecule has 3 aromatic rings. The van der Waals surface area contributed by atoms with Crippen LogP contribution in [0.4, 0.5) is 5.69 Å². The number of anilines is 1. The Hall–Kier alpha value is -4.09. The van der Waals surface area contributed by atoms with Gasteiger partial charge in [-0.3, -0.25) is 24.1 Å². The molecule has 0 aromatic heterocycles. The van der Waals surface area contributed by atoms with Gasteiger partial charge in [-0.25, -0.2) is 12.7 Å². The third-order valence-electron chi connectivity index (χ3n) is 5.90. The predicted octanol–water partition coefficient (Wildman–Crippen LogP) is 2.65. The number of nitrogens with one attached hydrogen (secondary N) is 1. The van der Waals surface area contributed by atoms with Gasteiger partial charge in [-0.1, -0.05) is 24.3 Å². The van der Waals surface area contributed by atoms with Crippen molar-refractivity contribution in [3.8, 4) is 0 Å². The number of rotatable bonds is 9. The molecule has 4 rings (SSSR count). The fourth-order valence-electron chi connectivity index (χ4n) is 4.00. The average Bonchev–Trinajstić information content (AvgIpc) is 2.88. The first-order valence-electron chi connectivity index (χ1n) is 11.5. The van der Waals surface area contributed by atoms with Gasteiger partial charge in [0.2, 0.25) is 10.0 Å². The number of esters is 1. The van der Waals surface area contributed by atoms with Gasteiger partial charge in [-0.15, -0.1) is 0 Å². The zero-order valence-electron chi connectivity index (χ0n) is 20.3. The summed E-state index contributed by atoms with van der Waals surface area (Å²) in [6.45, 7) is -0.501. The molecule has 0 saturated heterocycles. The number of imide groups is 1. The molecule has 3 amide bonds. The Kier molecular flexibility index (Phi) is 7.37. The van der Waals surface area contributed by atoms with Gasteiger partial charge in [0.1, 0.15) is 0 Å². The molecule has 1 N–H and O–H groups in total. The van der Waals surface area contributed by atoms with Crippen molar-refractivity contribution < 1.29 is 32.3 Å². The maximum atomic E-state index is 12.9. The van der Waals surface area contributed by atoms with Gasteiger partial charge in [-0.2, -0.15) is 0 Å². The lowest BCUT2D eigenvalue weighted by molar-refractivity contribution is -0.147. The summed E-state index contributed by atoms with van der Waals surface area (Å²) in [6, 6.07) is 16.1. The van der Waals surface area contributed by atoms with E-state index in [1.54, 1.807) is 24.3 Å². The Morgan fingerprint density at radius 3 is 2.08 bits per heavy atom. The molecular formula is C26H25N3O7S. The van der Waals surface area contributed by atoms with Crippen LogP contribution in [0, 0.1) is 0 Å². The molecule has 37 heavy (non-hydrogen) atoms. The van der Waals surface area contributed by atoms with Gasteiger partial charge in [-0.05, 0) is 48.2 Å². The van der Waals surface area contributed by atoms with Crippen LogP contribution in [0.2, 0.25) is 0 Å². The van der Waals surface area contributed by atoms with Crippen LogP contribution in [-0.2, 0) is 24.3 Å². The summed E-state index contributed by atoms with van der Waals surface area (Å²) < 4.78 is 30.3. The van der Waals surface area contributed by atoms with Crippen LogP contribution < -0.4 is 5.32 Å². The third kappa shape index (κ3) is 5.37. The Morgan fingerprint density at radius 2 is 1.51 bits per heavy atom. The molecule has 10 nitrogen and oxygen atoms in total. The SMILES string of the molecule is CN(C)S(=O)(=O)c1ccc(NC(=O)COC(=O)CCCN2C(=O)c3cccc4cccc(c34)C2=O)cc1. The highest BCUT2D eigenvalue weighted by molar-refractivity contribution is 7.89. The fourth-order valence-corrected chi connectivity index (χ4v) is 4.90. The van der Waals surface area contributed by atoms with Gasteiger partial charge >= 0.3 is 5.97 Å². The van der Waals surface area contributed by atoms with Crippen molar-refractivity contribution in [3.63, 3.8) is 0 Å². The standard InChI is InChI=1S/C26H25N3O7S/c1-28(2)37(34,35)19-13-11-18(12-14-19)27-22(30)16-36-23(31)10-5-15-29-25(32)20-8-3-6-17-7-4-9-21(24(17)20)26(29)33/h3-4,6-9,11-14H,5,10,15-16H2,1-2H3,(H,27,30). The summed E-state index contributed by atoms with van der Waals surface area (Å²) in [6.07, 6.45) is 0.0885. The van der Waals surface area contributed by atoms with Crippen molar-refractivity contribution in [3.05, 3.63) is 71.8 Å². The second-order valence-electron chi connectivity index (χ2n) is 8.60. The molecule has 0 unspecified atom stereocenters. The van der Waals surface area contributed by atoms with Crippen LogP contribution in [0.25, 0.3) is 10.8 Å². The van der Waals surface area contributed by atoms with Crippen LogP contribution in [0.5, 0.6) is 0 Å². The molecule has 0 spiro atoms. The minimum Gasteiger partial charge on any atom is -0.456 e. The lowest BCUT2D eigenvalue weighted by Crippen LogP contribution is -2.41. The van der Waals surface area contributed by atoms with Gasteiger partial charge in [0.15, 0.2) is 6.61 Å². The van der Waals surface area contributed by atoms with E-state index in [1.165, 1.54) is 38.4 Å². The quantitative estimate of drug-likeness (QED) is 0.337. The zero-order valence-corrected chi connectivity index (χ0v) is 21.1. The van der Waals surface area contributed by atoms with E-state index in [9.17, 15) is 27.6 Å². The fraction of sp³-hybridized carbons (Fsp3) is 0.231. The molecule has 0 saturated carbocycles. The summed E-state index contributed by atoms with van der Waals surface area (Å²) in [7, 11) is -0.751. The first-order chi connectivity index (χ1) is 17.6. The minimum absolute atomic E-state index is 0.0336. The van der Waals surface area contributed by atoms with Crippen LogP contribution >= 0.6 is 0 Å². The molecule has 1 aliphatic rings. The molecule has 1 aliphatic heterocycles. The van der Waals surface area contributed by atoms with Gasteiger partial charge in [0.25, 0.3) is 17.7 Å². The second kappa shape index (κ2) is 10.5. The van der Waals surface area contributed by atoms with Gasteiger partial charge < -0.3 is 10.1 Å². The lowest BCUT2D eigenvalue weighted by atomic mass is 9.94. The summed E-state index contributed by atoms with van der Waals surface area (Å²) in [5.41, 5.74) is 1.23. The van der Waals surface area contributed by atoms with E-state index in [1.807, 2.05) is 12.1 Å². The number of carbonyl (C=O) groups is 4. The summed E-state index contributed by atoms with van der Waals surface area (Å²) in [5.74, 6) is -2.07. The Morgan fingerprint density at radius 1 is 0.919 bits per heavy atom. The molecule has 3 aromatic carbocycles. The number of carbonyl (C=O) groups excluding carboxylic acids is 4. The van der Waals surface area contributed by atoms with Crippen molar-refractivity contribution in [1.29, 1.82) is 0 Å². The molecule has 0 bridgehead atoms. The number of hydrogen-bond donors (Lipinski definition) is 1. The Bertz CT molecular complexity index is 1450. The normalized spacial score (nSPS) is 13.2. The molecule has 0 aliphatic carbocycles. The number of nitrogens with zero attached hydrogens (tertiary/aromatic N) is 2. The van der Waals surface area contributed by atoms with Crippen LogP contribution in [0.15, 0.2) is 65.6 Å². The maximum Gasteiger partial charge on any atom is 0.306 e. The largest absolute Gasteiger partial charge is 0.456 e. The zero-order chi connectivity index (χ0) is 26.7. The summed E-state index contributed by atoms with van der Waals surface area (Å²) in [4.78, 5) is 51.2. The average molecular weight is 524 g/mol. The van der Waals surface area contributed by atoms with Crippen LogP contribution in [0.1, 0.15) is 33.6 Å². The molecule has 11 heteroatoms. The first kappa shape index (κ1) is 26.0. The van der Waals surface area contributed by atoms with Crippen LogP contribution in [0.3, 0.4) is 0 Å². The van der Waals surface area contributed by atoms with Gasteiger partial charge in [0, 0.05) is 49.3 Å². The Labute approximate surface area is 213 Å². The van der Waals surface area contributed by atoms with Crippen molar-refractivity contribution in [2.45, 2.75) is 17.7 Å². The van der Waals surface area contributed by atoms with Gasteiger partial charge in [0.05, 0.1) is 4.90 Å². The highest BCUT2D eigenvalue weighted by atomic mass is 32.2. The number of ether oxygens (including phenoxy) is 1. The van der Waals surface area contributed by atoms with E-state index in [-0.39, 0.29) is 24.3 Å². The van der Waals surface area contributed by atoms with Crippen LogP contribution in [-0.4, -0.2) is 68.6 Å². The molecule has 0 atom stereocenters. The third-order valence-corrected chi connectivity index (χ3v) is 7.73. The number of amides is 3. The van der Waals surface area contributed by atoms with Crippen molar-refractivity contribution in [2.75, 3.05) is 32.6 Å². The molecule has 1 heterocycles. The smallest absolute Gasteiger partial charge is 0.306 e. The van der Waals surface area contributed by atoms with E-state index in [0.29, 0.717) is 22.2 Å². The van der Waals surface area contributed by atoms with E-state index < -0.39 is 40.3 Å². The van der Waals surface area contributed by atoms with E-state index in [0.717, 1.165) is 14.6 Å². The second-order valence-corrected chi connectivity index (χ2v) is 10.7. The number of sulfonamides is 1. The molecule has 192 valence electrons. The minimum atomic E-state index is -3.59. The molecular weight excluding hydrogens is 498 g/mol. The monoisotopic (exact) mass is 523 g/mol. The van der Waals surface area contributed by atoms with Crippen molar-refractivity contribution >= 4 is 50.2 Å². The topological polar surface area (TPSA) is 130 Å². The predicted molar refractivity (Wildman–Crippen MR) is 135 cm³/mol. The van der Waals surface area contributed by atoms with E-state index in [2.05, 4.69) is 5.32 Å². The number of benzene rings is 3. The van der Waals surface area contributed by atoms with E-state index >= 15 is 0 Å². The number of hydrogen-bond acceptors (Lipinski definition) is 7. The van der Waals surface area contributed by atoms with E-state index in [4.69, 9.17) is 4.74 Å².